The molecule has 4 nitrogen and oxygen atoms in total. The van der Waals surface area contributed by atoms with Crippen molar-refractivity contribution in [2.45, 2.75) is 31.1 Å². The van der Waals surface area contributed by atoms with E-state index in [1.807, 2.05) is 0 Å². The second kappa shape index (κ2) is 7.87. The zero-order chi connectivity index (χ0) is 11.8. The molecule has 0 aliphatic heterocycles. The van der Waals surface area contributed by atoms with E-state index in [9.17, 15) is 4.79 Å². The lowest BCUT2D eigenvalue weighted by molar-refractivity contribution is -0.126. The normalized spacial score (nSPS) is 25.4. The zero-order valence-corrected chi connectivity index (χ0v) is 10.2. The number of halogens is 1. The van der Waals surface area contributed by atoms with Crippen molar-refractivity contribution in [1.29, 1.82) is 0 Å². The molecule has 1 aliphatic carbocycles. The first-order chi connectivity index (χ1) is 7.74. The molecule has 0 radical (unpaired) electrons. The van der Waals surface area contributed by atoms with E-state index >= 15 is 0 Å². The van der Waals surface area contributed by atoms with Crippen LogP contribution in [0.25, 0.3) is 0 Å². The van der Waals surface area contributed by atoms with Gasteiger partial charge < -0.3 is 15.2 Å². The molecular formula is C11H20ClNO3. The highest BCUT2D eigenvalue weighted by molar-refractivity contribution is 6.20. The second-order valence-corrected chi connectivity index (χ2v) is 4.69. The van der Waals surface area contributed by atoms with Gasteiger partial charge in [0.2, 0.25) is 5.91 Å². The molecule has 16 heavy (non-hydrogen) atoms. The molecule has 0 saturated heterocycles. The minimum absolute atomic E-state index is 0.0215. The maximum atomic E-state index is 11.7. The van der Waals surface area contributed by atoms with Crippen molar-refractivity contribution in [2.24, 2.45) is 5.92 Å². The smallest absolute Gasteiger partial charge is 0.223 e. The summed E-state index contributed by atoms with van der Waals surface area (Å²) in [7, 11) is 0. The van der Waals surface area contributed by atoms with Gasteiger partial charge in [-0.3, -0.25) is 4.79 Å². The Hall–Kier alpha value is -0.320. The van der Waals surface area contributed by atoms with Crippen LogP contribution in [-0.4, -0.2) is 42.8 Å². The van der Waals surface area contributed by atoms with Crippen molar-refractivity contribution < 1.29 is 14.6 Å². The van der Waals surface area contributed by atoms with Gasteiger partial charge in [-0.2, -0.15) is 0 Å². The molecule has 94 valence electrons. The van der Waals surface area contributed by atoms with E-state index in [-0.39, 0.29) is 23.8 Å². The van der Waals surface area contributed by atoms with Gasteiger partial charge in [0.25, 0.3) is 0 Å². The lowest BCUT2D eigenvalue weighted by Crippen LogP contribution is -2.35. The number of ether oxygens (including phenoxy) is 1. The highest BCUT2D eigenvalue weighted by Gasteiger charge is 2.24. The Kier molecular flexibility index (Phi) is 6.76. The van der Waals surface area contributed by atoms with E-state index in [1.165, 1.54) is 0 Å². The molecule has 5 heteroatoms. The highest BCUT2D eigenvalue weighted by atomic mass is 35.5. The summed E-state index contributed by atoms with van der Waals surface area (Å²) in [6.45, 7) is 1.32. The number of nitrogens with one attached hydrogen (secondary N) is 1. The lowest BCUT2D eigenvalue weighted by Gasteiger charge is -2.24. The molecule has 0 atom stereocenters. The van der Waals surface area contributed by atoms with E-state index in [0.29, 0.717) is 19.8 Å². The van der Waals surface area contributed by atoms with Gasteiger partial charge in [0.05, 0.1) is 19.8 Å². The van der Waals surface area contributed by atoms with E-state index in [4.69, 9.17) is 21.4 Å². The minimum Gasteiger partial charge on any atom is -0.394 e. The fourth-order valence-corrected chi connectivity index (χ4v) is 2.12. The second-order valence-electron chi connectivity index (χ2n) is 4.08. The third kappa shape index (κ3) is 5.14. The molecule has 0 unspecified atom stereocenters. The lowest BCUT2D eigenvalue weighted by atomic mass is 9.88. The standard InChI is InChI=1S/C11H20ClNO3/c12-10-3-1-9(2-4-10)11(15)13-5-7-16-8-6-14/h9-10,14H,1-8H2,(H,13,15). The Morgan fingerprint density at radius 1 is 1.31 bits per heavy atom. The average molecular weight is 250 g/mol. The molecule has 1 amide bonds. The topological polar surface area (TPSA) is 58.6 Å². The van der Waals surface area contributed by atoms with Crippen molar-refractivity contribution in [2.75, 3.05) is 26.4 Å². The van der Waals surface area contributed by atoms with Gasteiger partial charge >= 0.3 is 0 Å². The number of alkyl halides is 1. The third-order valence-corrected chi connectivity index (χ3v) is 3.25. The number of hydrogen-bond acceptors (Lipinski definition) is 3. The molecule has 0 bridgehead atoms. The van der Waals surface area contributed by atoms with Crippen molar-refractivity contribution >= 4 is 17.5 Å². The largest absolute Gasteiger partial charge is 0.394 e. The summed E-state index contributed by atoms with van der Waals surface area (Å²) in [5, 5.41) is 11.6. The first kappa shape index (κ1) is 13.7. The van der Waals surface area contributed by atoms with Gasteiger partial charge in [-0.1, -0.05) is 0 Å². The number of aliphatic hydroxyl groups is 1. The van der Waals surface area contributed by atoms with Crippen LogP contribution in [0, 0.1) is 5.92 Å². The number of rotatable bonds is 6. The van der Waals surface area contributed by atoms with Crippen LogP contribution < -0.4 is 5.32 Å². The van der Waals surface area contributed by atoms with Gasteiger partial charge in [-0.05, 0) is 25.7 Å². The van der Waals surface area contributed by atoms with Gasteiger partial charge in [-0.25, -0.2) is 0 Å². The van der Waals surface area contributed by atoms with Gasteiger partial charge in [-0.15, -0.1) is 11.6 Å². The van der Waals surface area contributed by atoms with Crippen LogP contribution in [0.2, 0.25) is 0 Å². The number of carbonyl (C=O) groups excluding carboxylic acids is 1. The molecule has 2 N–H and O–H groups in total. The SMILES string of the molecule is O=C(NCCOCCO)C1CCC(Cl)CC1. The molecule has 0 spiro atoms. The fraction of sp³-hybridized carbons (Fsp3) is 0.909. The maximum absolute atomic E-state index is 11.7. The number of hydrogen-bond donors (Lipinski definition) is 2. The van der Waals surface area contributed by atoms with E-state index < -0.39 is 0 Å². The van der Waals surface area contributed by atoms with Gasteiger partial charge in [0, 0.05) is 17.8 Å². The Bertz CT molecular complexity index is 205. The Morgan fingerprint density at radius 3 is 2.62 bits per heavy atom. The molecule has 1 saturated carbocycles. The Labute approximate surface area is 101 Å². The van der Waals surface area contributed by atoms with Crippen molar-refractivity contribution in [3.8, 4) is 0 Å². The van der Waals surface area contributed by atoms with Crippen LogP contribution in [0.5, 0.6) is 0 Å². The summed E-state index contributed by atoms with van der Waals surface area (Å²) in [6.07, 6.45) is 3.64. The summed E-state index contributed by atoms with van der Waals surface area (Å²) in [6, 6.07) is 0. The number of carbonyl (C=O) groups is 1. The molecule has 1 fully saturated rings. The van der Waals surface area contributed by atoms with Gasteiger partial charge in [0.1, 0.15) is 0 Å². The fourth-order valence-electron chi connectivity index (χ4n) is 1.87. The summed E-state index contributed by atoms with van der Waals surface area (Å²) >= 11 is 5.97. The summed E-state index contributed by atoms with van der Waals surface area (Å²) in [5.74, 6) is 0.226. The van der Waals surface area contributed by atoms with Crippen molar-refractivity contribution in [3.63, 3.8) is 0 Å². The van der Waals surface area contributed by atoms with E-state index in [1.54, 1.807) is 0 Å². The molecular weight excluding hydrogens is 230 g/mol. The summed E-state index contributed by atoms with van der Waals surface area (Å²) in [5.41, 5.74) is 0. The summed E-state index contributed by atoms with van der Waals surface area (Å²) < 4.78 is 5.05. The van der Waals surface area contributed by atoms with Crippen LogP contribution in [-0.2, 0) is 9.53 Å². The molecule has 0 aromatic carbocycles. The first-order valence-corrected chi connectivity index (χ1v) is 6.28. The Balaban J connectivity index is 2.06. The quantitative estimate of drug-likeness (QED) is 0.543. The monoisotopic (exact) mass is 249 g/mol. The van der Waals surface area contributed by atoms with Crippen LogP contribution in [0.4, 0.5) is 0 Å². The minimum atomic E-state index is 0.0215. The van der Waals surface area contributed by atoms with Crippen molar-refractivity contribution in [1.82, 2.24) is 5.32 Å². The molecule has 0 heterocycles. The third-order valence-electron chi connectivity index (χ3n) is 2.81. The van der Waals surface area contributed by atoms with Crippen LogP contribution in [0.1, 0.15) is 25.7 Å². The maximum Gasteiger partial charge on any atom is 0.223 e. The van der Waals surface area contributed by atoms with E-state index in [2.05, 4.69) is 5.32 Å². The van der Waals surface area contributed by atoms with E-state index in [0.717, 1.165) is 25.7 Å². The number of amides is 1. The van der Waals surface area contributed by atoms with Crippen LogP contribution in [0.15, 0.2) is 0 Å². The zero-order valence-electron chi connectivity index (χ0n) is 9.45. The summed E-state index contributed by atoms with van der Waals surface area (Å²) in [4.78, 5) is 11.7. The first-order valence-electron chi connectivity index (χ1n) is 5.84. The Morgan fingerprint density at radius 2 is 2.00 bits per heavy atom. The highest BCUT2D eigenvalue weighted by Crippen LogP contribution is 2.27. The predicted molar refractivity (Wildman–Crippen MR) is 62.5 cm³/mol. The van der Waals surface area contributed by atoms with Gasteiger partial charge in [0.15, 0.2) is 0 Å². The average Bonchev–Trinajstić information content (AvgIpc) is 2.29. The number of aliphatic hydroxyl groups excluding tert-OH is 1. The molecule has 1 aliphatic rings. The van der Waals surface area contributed by atoms with Crippen LogP contribution in [0.3, 0.4) is 0 Å². The van der Waals surface area contributed by atoms with Crippen LogP contribution >= 0.6 is 11.6 Å². The molecule has 0 aromatic heterocycles. The molecule has 0 aromatic rings. The molecule has 1 rings (SSSR count). The predicted octanol–water partition coefficient (Wildman–Crippen LogP) is 0.909. The van der Waals surface area contributed by atoms with Crippen molar-refractivity contribution in [3.05, 3.63) is 0 Å².